The van der Waals surface area contributed by atoms with Gasteiger partial charge in [-0.1, -0.05) is 0 Å². The second-order valence-electron chi connectivity index (χ2n) is 4.25. The van der Waals surface area contributed by atoms with Gasteiger partial charge in [0.05, 0.1) is 0 Å². The molecule has 3 rings (SSSR count). The molecule has 0 N–H and O–H groups in total. The maximum absolute atomic E-state index is 12.8. The van der Waals surface area contributed by atoms with E-state index in [1.165, 1.54) is 36.4 Å². The number of hydrogen-bond donors (Lipinski definition) is 0. The summed E-state index contributed by atoms with van der Waals surface area (Å²) in [5.41, 5.74) is 0.407. The van der Waals surface area contributed by atoms with E-state index in [2.05, 4.69) is 15.3 Å². The summed E-state index contributed by atoms with van der Waals surface area (Å²) in [6.07, 6.45) is -4.00. The predicted octanol–water partition coefficient (Wildman–Crippen LogP) is 2.75. The van der Waals surface area contributed by atoms with Crippen LogP contribution < -0.4 is 4.74 Å². The number of rotatable bonds is 3. The van der Waals surface area contributed by atoms with Gasteiger partial charge in [0.15, 0.2) is 5.65 Å². The molecule has 0 saturated carbocycles. The van der Waals surface area contributed by atoms with E-state index in [1.807, 2.05) is 0 Å². The monoisotopic (exact) mass is 308 g/mol. The summed E-state index contributed by atoms with van der Waals surface area (Å²) in [4.78, 5) is 10.5. The number of nitrogens with zero attached hydrogens (tertiary/aromatic N) is 4. The Kier molecular flexibility index (Phi) is 3.24. The van der Waals surface area contributed by atoms with E-state index in [1.54, 1.807) is 0 Å². The first-order chi connectivity index (χ1) is 10.5. The van der Waals surface area contributed by atoms with Crippen molar-refractivity contribution in [3.8, 4) is 11.6 Å². The van der Waals surface area contributed by atoms with Crippen LogP contribution in [0.25, 0.3) is 5.65 Å². The highest BCUT2D eigenvalue weighted by Crippen LogP contribution is 2.28. The van der Waals surface area contributed by atoms with Crippen molar-refractivity contribution < 1.29 is 22.7 Å². The number of carbonyl (C=O) groups excluding carboxylic acids is 1. The highest BCUT2D eigenvalue weighted by Gasteiger charge is 2.37. The van der Waals surface area contributed by atoms with E-state index < -0.39 is 12.0 Å². The molecule has 0 unspecified atom stereocenters. The van der Waals surface area contributed by atoms with Crippen molar-refractivity contribution in [2.75, 3.05) is 0 Å². The lowest BCUT2D eigenvalue weighted by molar-refractivity contribution is -0.146. The largest absolute Gasteiger partial charge is 0.453 e. The van der Waals surface area contributed by atoms with Gasteiger partial charge in [-0.25, -0.2) is 0 Å². The number of aldehydes is 1. The Balaban J connectivity index is 1.95. The molecule has 0 atom stereocenters. The molecule has 3 aromatic rings. The van der Waals surface area contributed by atoms with Gasteiger partial charge in [0.1, 0.15) is 12.0 Å². The van der Waals surface area contributed by atoms with E-state index in [0.29, 0.717) is 22.1 Å². The van der Waals surface area contributed by atoms with E-state index in [4.69, 9.17) is 4.74 Å². The molecule has 0 bridgehead atoms. The average Bonchev–Trinajstić information content (AvgIpc) is 2.91. The molecule has 0 aliphatic carbocycles. The molecule has 2 heterocycles. The lowest BCUT2D eigenvalue weighted by Gasteiger charge is -2.06. The van der Waals surface area contributed by atoms with Crippen LogP contribution in [0.3, 0.4) is 0 Å². The Bertz CT molecular complexity index is 827. The number of hydrogen-bond acceptors (Lipinski definition) is 5. The van der Waals surface area contributed by atoms with Crippen molar-refractivity contribution in [3.05, 3.63) is 47.8 Å². The van der Waals surface area contributed by atoms with Gasteiger partial charge in [-0.05, 0) is 30.3 Å². The van der Waals surface area contributed by atoms with Crippen molar-refractivity contribution in [2.24, 2.45) is 0 Å². The molecule has 9 heteroatoms. The molecule has 0 amide bonds. The van der Waals surface area contributed by atoms with E-state index in [-0.39, 0.29) is 11.5 Å². The fourth-order valence-electron chi connectivity index (χ4n) is 1.74. The van der Waals surface area contributed by atoms with Gasteiger partial charge in [0.2, 0.25) is 5.88 Å². The Hall–Kier alpha value is -2.97. The molecular weight excluding hydrogens is 301 g/mol. The SMILES string of the molecule is O=Cc1ccc(Oc2ccc3nnc(C(F)(F)F)n3n2)cc1. The van der Waals surface area contributed by atoms with Crippen LogP contribution in [0, 0.1) is 0 Å². The van der Waals surface area contributed by atoms with Crippen LogP contribution >= 0.6 is 0 Å². The highest BCUT2D eigenvalue weighted by atomic mass is 19.4. The lowest BCUT2D eigenvalue weighted by atomic mass is 10.2. The molecule has 6 nitrogen and oxygen atoms in total. The van der Waals surface area contributed by atoms with Crippen LogP contribution in [-0.2, 0) is 6.18 Å². The first kappa shape index (κ1) is 14.0. The van der Waals surface area contributed by atoms with E-state index >= 15 is 0 Å². The normalized spacial score (nSPS) is 11.6. The molecule has 0 radical (unpaired) electrons. The van der Waals surface area contributed by atoms with Crippen molar-refractivity contribution in [1.29, 1.82) is 0 Å². The fraction of sp³-hybridized carbons (Fsp3) is 0.0769. The molecule has 0 spiro atoms. The van der Waals surface area contributed by atoms with Crippen LogP contribution in [0.2, 0.25) is 0 Å². The number of ether oxygens (including phenoxy) is 1. The van der Waals surface area contributed by atoms with E-state index in [9.17, 15) is 18.0 Å². The van der Waals surface area contributed by atoms with Crippen LogP contribution in [0.4, 0.5) is 13.2 Å². The minimum atomic E-state index is -4.67. The second-order valence-corrected chi connectivity index (χ2v) is 4.25. The Labute approximate surface area is 121 Å². The smallest absolute Gasteiger partial charge is 0.438 e. The molecule has 0 aliphatic rings. The van der Waals surface area contributed by atoms with E-state index in [0.717, 1.165) is 0 Å². The Morgan fingerprint density at radius 2 is 1.77 bits per heavy atom. The third-order valence-corrected chi connectivity index (χ3v) is 2.73. The Morgan fingerprint density at radius 3 is 2.41 bits per heavy atom. The first-order valence-electron chi connectivity index (χ1n) is 6.00. The topological polar surface area (TPSA) is 69.4 Å². The van der Waals surface area contributed by atoms with Gasteiger partial charge in [0.25, 0.3) is 5.82 Å². The quantitative estimate of drug-likeness (QED) is 0.696. The van der Waals surface area contributed by atoms with Gasteiger partial charge < -0.3 is 4.74 Å². The number of halogens is 3. The third-order valence-electron chi connectivity index (χ3n) is 2.73. The number of aromatic nitrogens is 4. The van der Waals surface area contributed by atoms with Crippen LogP contribution in [-0.4, -0.2) is 26.1 Å². The highest BCUT2D eigenvalue weighted by molar-refractivity contribution is 5.74. The summed E-state index contributed by atoms with van der Waals surface area (Å²) in [6.45, 7) is 0. The molecule has 0 fully saturated rings. The maximum Gasteiger partial charge on any atom is 0.453 e. The molecule has 112 valence electrons. The number of fused-ring (bicyclic) bond motifs is 1. The standard InChI is InChI=1S/C13H7F3N4O2/c14-13(15,16)12-18-17-10-5-6-11(19-20(10)12)22-9-3-1-8(7-21)2-4-9/h1-7H. The summed E-state index contributed by atoms with van der Waals surface area (Å²) in [7, 11) is 0. The lowest BCUT2D eigenvalue weighted by Crippen LogP contribution is -2.12. The summed E-state index contributed by atoms with van der Waals surface area (Å²) in [5, 5.41) is 10.2. The fourth-order valence-corrected chi connectivity index (χ4v) is 1.74. The minimum absolute atomic E-state index is 0.0454. The Morgan fingerprint density at radius 1 is 1.05 bits per heavy atom. The predicted molar refractivity (Wildman–Crippen MR) is 67.7 cm³/mol. The zero-order chi connectivity index (χ0) is 15.7. The van der Waals surface area contributed by atoms with Crippen molar-refractivity contribution >= 4 is 11.9 Å². The van der Waals surface area contributed by atoms with Crippen LogP contribution in [0.15, 0.2) is 36.4 Å². The molecule has 0 aliphatic heterocycles. The maximum atomic E-state index is 12.8. The first-order valence-corrected chi connectivity index (χ1v) is 6.00. The second kappa shape index (κ2) is 5.10. The molecule has 1 aromatic carbocycles. The third kappa shape index (κ3) is 2.60. The van der Waals surface area contributed by atoms with Crippen molar-refractivity contribution in [3.63, 3.8) is 0 Å². The summed E-state index contributed by atoms with van der Waals surface area (Å²) in [5.74, 6) is -0.958. The molecular formula is C13H7F3N4O2. The average molecular weight is 308 g/mol. The van der Waals surface area contributed by atoms with Crippen LogP contribution in [0.1, 0.15) is 16.2 Å². The van der Waals surface area contributed by atoms with Crippen molar-refractivity contribution in [2.45, 2.75) is 6.18 Å². The van der Waals surface area contributed by atoms with Gasteiger partial charge in [-0.15, -0.1) is 15.3 Å². The number of alkyl halides is 3. The molecule has 2 aromatic heterocycles. The zero-order valence-corrected chi connectivity index (χ0v) is 10.8. The number of carbonyl (C=O) groups is 1. The van der Waals surface area contributed by atoms with Gasteiger partial charge in [-0.3, -0.25) is 4.79 Å². The molecule has 22 heavy (non-hydrogen) atoms. The summed E-state index contributed by atoms with van der Waals surface area (Å²) in [6, 6.07) is 8.72. The van der Waals surface area contributed by atoms with Gasteiger partial charge in [-0.2, -0.15) is 17.7 Å². The minimum Gasteiger partial charge on any atom is -0.438 e. The van der Waals surface area contributed by atoms with Crippen LogP contribution in [0.5, 0.6) is 11.6 Å². The number of benzene rings is 1. The van der Waals surface area contributed by atoms with Gasteiger partial charge in [0, 0.05) is 11.6 Å². The molecule has 0 saturated heterocycles. The van der Waals surface area contributed by atoms with Gasteiger partial charge >= 0.3 is 6.18 Å². The zero-order valence-electron chi connectivity index (χ0n) is 10.8. The summed E-state index contributed by atoms with van der Waals surface area (Å²) >= 11 is 0. The summed E-state index contributed by atoms with van der Waals surface area (Å²) < 4.78 is 44.2. The van der Waals surface area contributed by atoms with Crippen molar-refractivity contribution in [1.82, 2.24) is 19.8 Å².